The Morgan fingerprint density at radius 1 is 0.969 bits per heavy atom. The zero-order valence-corrected chi connectivity index (χ0v) is 20.3. The van der Waals surface area contributed by atoms with Crippen LogP contribution in [-0.4, -0.2) is 42.5 Å². The second kappa shape index (κ2) is 11.0. The van der Waals surface area contributed by atoms with E-state index < -0.39 is 6.04 Å². The van der Waals surface area contributed by atoms with E-state index in [2.05, 4.69) is 5.32 Å². The molecule has 0 heterocycles. The maximum Gasteiger partial charge on any atom is 0.242 e. The lowest BCUT2D eigenvalue weighted by atomic mass is 10.1. The molecule has 0 saturated carbocycles. The molecule has 0 bridgehead atoms. The molecular weight excluding hydrogens is 404 g/mol. The van der Waals surface area contributed by atoms with E-state index in [0.29, 0.717) is 24.5 Å². The number of nitrogens with zero attached hydrogens (tertiary/aromatic N) is 1. The predicted octanol–water partition coefficient (Wildman–Crippen LogP) is 4.28. The molecule has 6 nitrogen and oxygen atoms in total. The van der Waals surface area contributed by atoms with Crippen molar-refractivity contribution < 1.29 is 19.1 Å². The summed E-state index contributed by atoms with van der Waals surface area (Å²) in [5.74, 6) is 1.05. The number of ether oxygens (including phenoxy) is 2. The first kappa shape index (κ1) is 25.2. The van der Waals surface area contributed by atoms with Crippen LogP contribution in [-0.2, 0) is 22.6 Å². The van der Waals surface area contributed by atoms with Gasteiger partial charge in [0, 0.05) is 18.5 Å². The van der Waals surface area contributed by atoms with Gasteiger partial charge in [0.2, 0.25) is 11.8 Å². The zero-order valence-electron chi connectivity index (χ0n) is 20.3. The lowest BCUT2D eigenvalue weighted by molar-refractivity contribution is -0.141. The van der Waals surface area contributed by atoms with Gasteiger partial charge in [-0.25, -0.2) is 0 Å². The summed E-state index contributed by atoms with van der Waals surface area (Å²) in [7, 11) is 3.18. The Kier molecular flexibility index (Phi) is 8.70. The molecule has 0 unspecified atom stereocenters. The van der Waals surface area contributed by atoms with Gasteiger partial charge in [-0.2, -0.15) is 0 Å². The molecule has 0 aliphatic carbocycles. The minimum Gasteiger partial charge on any atom is -0.493 e. The molecule has 2 aromatic rings. The molecule has 0 fully saturated rings. The Balaban J connectivity index is 2.18. The van der Waals surface area contributed by atoms with Crippen molar-refractivity contribution >= 4 is 11.8 Å². The number of rotatable bonds is 9. The molecule has 0 saturated heterocycles. The van der Waals surface area contributed by atoms with Gasteiger partial charge in [-0.1, -0.05) is 35.9 Å². The minimum atomic E-state index is -0.589. The fourth-order valence-electron chi connectivity index (χ4n) is 3.38. The van der Waals surface area contributed by atoms with Gasteiger partial charge in [0.1, 0.15) is 6.04 Å². The van der Waals surface area contributed by atoms with Crippen molar-refractivity contribution in [2.45, 2.75) is 65.6 Å². The highest BCUT2D eigenvalue weighted by atomic mass is 16.5. The Hall–Kier alpha value is -3.02. The van der Waals surface area contributed by atoms with Crippen LogP contribution < -0.4 is 14.8 Å². The standard InChI is InChI=1S/C26H36N2O4/c1-18-8-10-21(11-9-18)17-28(19(2)25(30)27-26(3,4)5)24(29)15-13-20-12-14-22(31-6)23(16-20)32-7/h8-12,14,16,19H,13,15,17H2,1-7H3,(H,27,30)/t19-/m0/s1. The molecule has 174 valence electrons. The molecular formula is C26H36N2O4. The van der Waals surface area contributed by atoms with Crippen LogP contribution in [0.15, 0.2) is 42.5 Å². The Labute approximate surface area is 191 Å². The minimum absolute atomic E-state index is 0.0723. The summed E-state index contributed by atoms with van der Waals surface area (Å²) in [4.78, 5) is 27.8. The van der Waals surface area contributed by atoms with Crippen molar-refractivity contribution in [3.63, 3.8) is 0 Å². The predicted molar refractivity (Wildman–Crippen MR) is 127 cm³/mol. The quantitative estimate of drug-likeness (QED) is 0.632. The number of benzene rings is 2. The number of aryl methyl sites for hydroxylation is 2. The highest BCUT2D eigenvalue weighted by molar-refractivity contribution is 5.87. The maximum absolute atomic E-state index is 13.3. The van der Waals surface area contributed by atoms with Crippen molar-refractivity contribution in [3.05, 3.63) is 59.2 Å². The highest BCUT2D eigenvalue weighted by Crippen LogP contribution is 2.28. The Bertz CT molecular complexity index is 916. The average molecular weight is 441 g/mol. The lowest BCUT2D eigenvalue weighted by Crippen LogP contribution is -2.52. The highest BCUT2D eigenvalue weighted by Gasteiger charge is 2.28. The molecule has 2 amide bonds. The second-order valence-electron chi connectivity index (χ2n) is 9.11. The van der Waals surface area contributed by atoms with Crippen LogP contribution in [0.25, 0.3) is 0 Å². The zero-order chi connectivity index (χ0) is 23.9. The molecule has 1 N–H and O–H groups in total. The monoisotopic (exact) mass is 440 g/mol. The first-order valence-corrected chi connectivity index (χ1v) is 10.9. The van der Waals surface area contributed by atoms with Gasteiger partial charge in [-0.05, 0) is 64.3 Å². The average Bonchev–Trinajstić information content (AvgIpc) is 2.75. The summed E-state index contributed by atoms with van der Waals surface area (Å²) >= 11 is 0. The van der Waals surface area contributed by atoms with Crippen LogP contribution in [0.5, 0.6) is 11.5 Å². The third-order valence-electron chi connectivity index (χ3n) is 5.21. The Morgan fingerprint density at radius 3 is 2.12 bits per heavy atom. The molecule has 0 aromatic heterocycles. The molecule has 2 rings (SSSR count). The van der Waals surface area contributed by atoms with E-state index in [1.165, 1.54) is 0 Å². The third-order valence-corrected chi connectivity index (χ3v) is 5.21. The van der Waals surface area contributed by atoms with E-state index in [9.17, 15) is 9.59 Å². The van der Waals surface area contributed by atoms with Gasteiger partial charge in [0.05, 0.1) is 14.2 Å². The SMILES string of the molecule is COc1ccc(CCC(=O)N(Cc2ccc(C)cc2)[C@@H](C)C(=O)NC(C)(C)C)cc1OC. The second-order valence-corrected chi connectivity index (χ2v) is 9.11. The number of methoxy groups -OCH3 is 2. The van der Waals surface area contributed by atoms with Crippen molar-refractivity contribution in [3.8, 4) is 11.5 Å². The molecule has 0 aliphatic heterocycles. The van der Waals surface area contributed by atoms with E-state index >= 15 is 0 Å². The number of carbonyl (C=O) groups is 2. The lowest BCUT2D eigenvalue weighted by Gasteiger charge is -2.31. The molecule has 0 radical (unpaired) electrons. The van der Waals surface area contributed by atoms with E-state index in [0.717, 1.165) is 16.7 Å². The van der Waals surface area contributed by atoms with Crippen molar-refractivity contribution in [2.75, 3.05) is 14.2 Å². The summed E-state index contributed by atoms with van der Waals surface area (Å²) < 4.78 is 10.6. The van der Waals surface area contributed by atoms with Crippen LogP contribution in [0.1, 0.15) is 50.8 Å². The number of hydrogen-bond donors (Lipinski definition) is 1. The molecule has 0 aliphatic rings. The smallest absolute Gasteiger partial charge is 0.242 e. The summed E-state index contributed by atoms with van der Waals surface area (Å²) in [6.45, 7) is 9.98. The van der Waals surface area contributed by atoms with Crippen molar-refractivity contribution in [2.24, 2.45) is 0 Å². The number of nitrogens with one attached hydrogen (secondary N) is 1. The van der Waals surface area contributed by atoms with Gasteiger partial charge < -0.3 is 19.7 Å². The van der Waals surface area contributed by atoms with E-state index in [-0.39, 0.29) is 23.8 Å². The summed E-state index contributed by atoms with van der Waals surface area (Å²) in [5.41, 5.74) is 2.74. The largest absolute Gasteiger partial charge is 0.493 e. The van der Waals surface area contributed by atoms with Crippen molar-refractivity contribution in [1.82, 2.24) is 10.2 Å². The van der Waals surface area contributed by atoms with E-state index in [1.54, 1.807) is 26.0 Å². The van der Waals surface area contributed by atoms with Crippen LogP contribution in [0.3, 0.4) is 0 Å². The first-order chi connectivity index (χ1) is 15.0. The number of carbonyl (C=O) groups excluding carboxylic acids is 2. The summed E-state index contributed by atoms with van der Waals surface area (Å²) in [6.07, 6.45) is 0.825. The summed E-state index contributed by atoms with van der Waals surface area (Å²) in [6, 6.07) is 13.1. The molecule has 2 aromatic carbocycles. The molecule has 1 atom stereocenters. The van der Waals surface area contributed by atoms with Crippen LogP contribution >= 0.6 is 0 Å². The number of hydrogen-bond acceptors (Lipinski definition) is 4. The fraction of sp³-hybridized carbons (Fsp3) is 0.462. The van der Waals surface area contributed by atoms with Crippen molar-refractivity contribution in [1.29, 1.82) is 0 Å². The third kappa shape index (κ3) is 7.29. The first-order valence-electron chi connectivity index (χ1n) is 10.9. The summed E-state index contributed by atoms with van der Waals surface area (Å²) in [5, 5.41) is 2.99. The molecule has 6 heteroatoms. The Morgan fingerprint density at radius 2 is 1.56 bits per heavy atom. The van der Waals surface area contributed by atoms with Crippen LogP contribution in [0.4, 0.5) is 0 Å². The van der Waals surface area contributed by atoms with Gasteiger partial charge in [0.25, 0.3) is 0 Å². The topological polar surface area (TPSA) is 67.9 Å². The van der Waals surface area contributed by atoms with Gasteiger partial charge in [-0.15, -0.1) is 0 Å². The van der Waals surface area contributed by atoms with Gasteiger partial charge >= 0.3 is 0 Å². The van der Waals surface area contributed by atoms with E-state index in [1.807, 2.05) is 70.2 Å². The molecule has 0 spiro atoms. The van der Waals surface area contributed by atoms with E-state index in [4.69, 9.17) is 9.47 Å². The van der Waals surface area contributed by atoms with Gasteiger partial charge in [0.15, 0.2) is 11.5 Å². The number of amides is 2. The van der Waals surface area contributed by atoms with Gasteiger partial charge in [-0.3, -0.25) is 9.59 Å². The normalized spacial score (nSPS) is 12.1. The fourth-order valence-corrected chi connectivity index (χ4v) is 3.38. The van der Waals surface area contributed by atoms with Crippen LogP contribution in [0, 0.1) is 6.92 Å². The maximum atomic E-state index is 13.3. The van der Waals surface area contributed by atoms with Crippen LogP contribution in [0.2, 0.25) is 0 Å². The molecule has 32 heavy (non-hydrogen) atoms.